The van der Waals surface area contributed by atoms with Crippen molar-refractivity contribution in [1.29, 1.82) is 0 Å². The molecule has 0 aromatic heterocycles. The molecule has 0 saturated heterocycles. The Morgan fingerprint density at radius 3 is 1.25 bits per heavy atom. The lowest BCUT2D eigenvalue weighted by atomic mass is 10.1. The number of rotatable bonds is 26. The van der Waals surface area contributed by atoms with Crippen molar-refractivity contribution < 1.29 is 78.8 Å². The van der Waals surface area contributed by atoms with Gasteiger partial charge in [-0.15, -0.1) is 0 Å². The van der Waals surface area contributed by atoms with E-state index >= 15 is 0 Å². The van der Waals surface area contributed by atoms with Crippen LogP contribution in [0.2, 0.25) is 15.1 Å². The van der Waals surface area contributed by atoms with Gasteiger partial charge in [0, 0.05) is 71.0 Å². The quantitative estimate of drug-likeness (QED) is 0.0398. The van der Waals surface area contributed by atoms with Gasteiger partial charge in [0.1, 0.15) is 55.2 Å². The second kappa shape index (κ2) is 44.1. The molecule has 29 heteroatoms. The number of aryl methyl sites for hydroxylation is 7. The number of fused-ring (bicyclic) bond motifs is 3. The summed E-state index contributed by atoms with van der Waals surface area (Å²) in [6.07, 6.45) is -8.91. The van der Waals surface area contributed by atoms with Crippen LogP contribution < -0.4 is 43.7 Å². The van der Waals surface area contributed by atoms with Crippen LogP contribution in [0.3, 0.4) is 0 Å². The van der Waals surface area contributed by atoms with E-state index in [2.05, 4.69) is 5.32 Å². The van der Waals surface area contributed by atoms with Gasteiger partial charge in [-0.1, -0.05) is 114 Å². The predicted molar refractivity (Wildman–Crippen MR) is 486 cm³/mol. The monoisotopic (exact) mass is 1790 g/mol. The van der Waals surface area contributed by atoms with Crippen molar-refractivity contribution >= 4 is 93.0 Å². The molecule has 10 aromatic carbocycles. The Morgan fingerprint density at radius 1 is 0.405 bits per heavy atom. The minimum absolute atomic E-state index is 0.0975. The Labute approximate surface area is 748 Å². The number of hydrogen-bond donors (Lipinski definition) is 1. The summed E-state index contributed by atoms with van der Waals surface area (Å²) in [5, 5.41) is 4.94. The number of ether oxygens (including phenoxy) is 5. The summed E-state index contributed by atoms with van der Waals surface area (Å²) in [4.78, 5) is 90.6. The zero-order valence-corrected chi connectivity index (χ0v) is 76.0. The van der Waals surface area contributed by atoms with Crippen LogP contribution in [0.25, 0.3) is 0 Å². The molecule has 0 saturated carbocycles. The zero-order valence-electron chi connectivity index (χ0n) is 73.8. The van der Waals surface area contributed by atoms with Gasteiger partial charge in [-0.3, -0.25) is 33.7 Å². The van der Waals surface area contributed by atoms with E-state index in [1.807, 2.05) is 190 Å². The molecule has 0 aliphatic carbocycles. The van der Waals surface area contributed by atoms with E-state index in [1.165, 1.54) is 46.7 Å². The molecule has 0 atom stereocenters. The maximum atomic E-state index is 13.2. The molecule has 0 bridgehead atoms. The first-order chi connectivity index (χ1) is 59.6. The van der Waals surface area contributed by atoms with Crippen molar-refractivity contribution in [3.8, 4) is 28.7 Å². The summed E-state index contributed by atoms with van der Waals surface area (Å²) < 4.78 is 108. The lowest BCUT2D eigenvalue weighted by molar-refractivity contribution is -0.138. The molecular formula is C97H106Cl3F6N9O11. The number of likely N-dealkylation sites (N-methyl/N-ethyl adjacent to an activating group) is 4. The van der Waals surface area contributed by atoms with Crippen LogP contribution in [-0.4, -0.2) is 183 Å². The van der Waals surface area contributed by atoms with Crippen LogP contribution in [0.1, 0.15) is 136 Å². The molecule has 668 valence electrons. The summed E-state index contributed by atoms with van der Waals surface area (Å²) in [6.45, 7) is 20.1. The fourth-order valence-corrected chi connectivity index (χ4v) is 14.0. The molecule has 10 aromatic rings. The molecule has 3 heterocycles. The highest BCUT2D eigenvalue weighted by molar-refractivity contribution is 6.32. The van der Waals surface area contributed by atoms with Crippen molar-refractivity contribution in [3.63, 3.8) is 0 Å². The topological polar surface area (TPSA) is 187 Å². The molecule has 3 aliphatic rings. The number of anilines is 4. The van der Waals surface area contributed by atoms with Crippen molar-refractivity contribution in [3.05, 3.63) is 297 Å². The number of imide groups is 1. The van der Waals surface area contributed by atoms with Crippen LogP contribution in [0.15, 0.2) is 182 Å². The molecule has 13 rings (SSSR count). The Morgan fingerprint density at radius 2 is 0.802 bits per heavy atom. The first kappa shape index (κ1) is 98.3. The first-order valence-corrected chi connectivity index (χ1v) is 41.7. The molecule has 3 aliphatic heterocycles. The lowest BCUT2D eigenvalue weighted by Crippen LogP contribution is -2.29. The Hall–Kier alpha value is -11.5. The van der Waals surface area contributed by atoms with Gasteiger partial charge in [-0.05, 0) is 271 Å². The molecule has 20 nitrogen and oxygen atoms in total. The standard InChI is InChI=1S/C20H21ClN2O3.C20H25ClN2O2.C20H21F3N2O2.C19H23ClN2O2.C18H16F3NO2/c1-13-11-14(7-8-16(13)21)12-23-19(24)15-5-4-6-17(18(15)20(23)25)26-10-9-22(2)3;1-14-7-6-8-18(25-12-11-22(3)4)19(14)20(24)23(5)16-9-10-17(21)15(2)13-16;1-13-7-8-15(11-16(13)20(21,22)23)25-12-14-5-4-6-17(18(14)19(25)26)27-10-9-24(2)3;1-13-6-5-7-17(24-11-10-22(3)4)18(13)19(23)21-15-8-9-16(20)14(2)12-15;1-3-24-15-6-4-5-12-10-22(17(23)16(12)15)13-8-7-11(2)14(9-13)18(19,20)21/h4-8,11H,9-10,12H2,1-3H3;6-10,13H,11-12H2,1-5H3;4-8,11H,9-10,12H2,1-3H3;5-9,12H,10-11H2,1-4H3,(H,21,23);4-9H,3,10H2,1-2H3. The smallest absolute Gasteiger partial charge is 0.416 e. The van der Waals surface area contributed by atoms with Crippen LogP contribution in [0, 0.1) is 48.5 Å². The van der Waals surface area contributed by atoms with Crippen molar-refractivity contribution in [1.82, 2.24) is 24.5 Å². The SMILES string of the molecule is CCOc1cccc2c1C(=O)N(c1ccc(C)c(C(F)(F)F)c1)C2.Cc1cc(CN2C(=O)c3cccc(OCCN(C)C)c3C2=O)ccc1Cl.Cc1cc(N(C)C(=O)c2c(C)cccc2OCCN(C)C)ccc1Cl.Cc1cc(NC(=O)c2c(C)cccc2OCCN(C)C)ccc1Cl.Cc1ccc(N2Cc3cccc(OCCN(C)C)c3C2=O)cc1C(F)(F)F. The van der Waals surface area contributed by atoms with Crippen LogP contribution in [-0.2, 0) is 32.0 Å². The van der Waals surface area contributed by atoms with Crippen molar-refractivity contribution in [2.45, 2.75) is 87.4 Å². The molecule has 0 radical (unpaired) electrons. The summed E-state index contributed by atoms with van der Waals surface area (Å²) in [7, 11) is 17.4. The van der Waals surface area contributed by atoms with Gasteiger partial charge in [0.25, 0.3) is 35.4 Å². The van der Waals surface area contributed by atoms with E-state index in [1.54, 1.807) is 90.8 Å². The number of amides is 6. The zero-order chi connectivity index (χ0) is 92.3. The number of halogens is 9. The van der Waals surface area contributed by atoms with E-state index in [0.717, 1.165) is 82.0 Å². The van der Waals surface area contributed by atoms with Crippen LogP contribution in [0.5, 0.6) is 28.7 Å². The fraction of sp³-hybridized carbons (Fsp3) is 0.320. The molecule has 0 unspecified atom stereocenters. The van der Waals surface area contributed by atoms with Crippen LogP contribution >= 0.6 is 34.8 Å². The molecule has 0 spiro atoms. The summed E-state index contributed by atoms with van der Waals surface area (Å²) in [5.74, 6) is 1.01. The number of alkyl halides is 6. The molecular weight excluding hydrogens is 1690 g/mol. The van der Waals surface area contributed by atoms with E-state index in [0.29, 0.717) is 122 Å². The van der Waals surface area contributed by atoms with Crippen molar-refractivity contribution in [2.24, 2.45) is 0 Å². The molecule has 6 amide bonds. The van der Waals surface area contributed by atoms with Gasteiger partial charge in [0.05, 0.1) is 70.7 Å². The maximum Gasteiger partial charge on any atom is 0.416 e. The Balaban J connectivity index is 0.000000178. The minimum Gasteiger partial charge on any atom is -0.493 e. The van der Waals surface area contributed by atoms with Crippen molar-refractivity contribution in [2.75, 3.05) is 143 Å². The largest absolute Gasteiger partial charge is 0.493 e. The highest BCUT2D eigenvalue weighted by atomic mass is 35.5. The first-order valence-electron chi connectivity index (χ1n) is 40.6. The second-order valence-corrected chi connectivity index (χ2v) is 32.7. The summed E-state index contributed by atoms with van der Waals surface area (Å²) in [5.41, 5.74) is 10.4. The number of carbonyl (C=O) groups is 6. The normalized spacial score (nSPS) is 12.7. The number of nitrogens with zero attached hydrogens (tertiary/aromatic N) is 8. The maximum absolute atomic E-state index is 13.2. The van der Waals surface area contributed by atoms with E-state index in [9.17, 15) is 55.1 Å². The van der Waals surface area contributed by atoms with Gasteiger partial charge in [-0.25, -0.2) is 0 Å². The number of nitrogens with one attached hydrogen (secondary N) is 1. The number of carbonyl (C=O) groups excluding carboxylic acids is 6. The third-order valence-electron chi connectivity index (χ3n) is 20.6. The minimum atomic E-state index is -4.46. The van der Waals surface area contributed by atoms with E-state index in [-0.39, 0.29) is 77.6 Å². The summed E-state index contributed by atoms with van der Waals surface area (Å²) in [6, 6.07) is 51.4. The summed E-state index contributed by atoms with van der Waals surface area (Å²) >= 11 is 18.2. The van der Waals surface area contributed by atoms with Gasteiger partial charge in [-0.2, -0.15) is 26.3 Å². The van der Waals surface area contributed by atoms with Gasteiger partial charge in [0.15, 0.2) is 0 Å². The highest BCUT2D eigenvalue weighted by Crippen LogP contribution is 2.42. The number of benzene rings is 10. The third kappa shape index (κ3) is 25.4. The van der Waals surface area contributed by atoms with Crippen LogP contribution in [0.4, 0.5) is 49.1 Å². The van der Waals surface area contributed by atoms with Gasteiger partial charge >= 0.3 is 12.4 Å². The predicted octanol–water partition coefficient (Wildman–Crippen LogP) is 20.4. The van der Waals surface area contributed by atoms with Gasteiger partial charge in [0.2, 0.25) is 0 Å². The molecule has 0 fully saturated rings. The third-order valence-corrected chi connectivity index (χ3v) is 21.9. The number of hydrogen-bond acceptors (Lipinski definition) is 15. The van der Waals surface area contributed by atoms with E-state index < -0.39 is 23.5 Å². The average molecular weight is 1790 g/mol. The average Bonchev–Trinajstić information content (AvgIpc) is 1.64. The second-order valence-electron chi connectivity index (χ2n) is 31.5. The molecule has 1 N–H and O–H groups in total. The van der Waals surface area contributed by atoms with E-state index in [4.69, 9.17) is 58.5 Å². The Bertz CT molecular complexity index is 5590. The lowest BCUT2D eigenvalue weighted by Gasteiger charge is -2.21. The highest BCUT2D eigenvalue weighted by Gasteiger charge is 2.41. The Kier molecular flexibility index (Phi) is 34.4. The molecule has 126 heavy (non-hydrogen) atoms. The fourth-order valence-electron chi connectivity index (χ4n) is 13.7. The van der Waals surface area contributed by atoms with Gasteiger partial charge < -0.3 is 63.3 Å².